The van der Waals surface area contributed by atoms with Crippen LogP contribution in [-0.2, 0) is 11.3 Å². The lowest BCUT2D eigenvalue weighted by Crippen LogP contribution is -2.27. The number of amides is 1. The molecule has 0 aromatic heterocycles. The number of carbonyl (C=O) groups is 1. The van der Waals surface area contributed by atoms with E-state index in [1.807, 2.05) is 29.2 Å². The Bertz CT molecular complexity index is 385. The first-order valence-corrected chi connectivity index (χ1v) is 4.83. The van der Waals surface area contributed by atoms with Crippen molar-refractivity contribution in [2.75, 3.05) is 13.2 Å². The Hall–Kier alpha value is -1.35. The standard InChI is InChI=1S/C11H11NO2/c13-11-10-4-2-1-3-8(10)5-12(11)6-9-7-14-9/h1-4,9H,5-7H2. The number of fused-ring (bicyclic) bond motifs is 1. The van der Waals surface area contributed by atoms with Gasteiger partial charge in [-0.1, -0.05) is 18.2 Å². The minimum atomic E-state index is 0.149. The summed E-state index contributed by atoms with van der Waals surface area (Å²) in [6.07, 6.45) is 0.285. The molecule has 0 aliphatic carbocycles. The van der Waals surface area contributed by atoms with E-state index < -0.39 is 0 Å². The smallest absolute Gasteiger partial charge is 0.254 e. The quantitative estimate of drug-likeness (QED) is 0.651. The molecule has 1 aromatic rings. The Labute approximate surface area is 82.3 Å². The van der Waals surface area contributed by atoms with E-state index in [9.17, 15) is 4.79 Å². The lowest BCUT2D eigenvalue weighted by Gasteiger charge is -2.12. The third-order valence-corrected chi connectivity index (χ3v) is 2.72. The van der Waals surface area contributed by atoms with Gasteiger partial charge in [0.2, 0.25) is 0 Å². The molecule has 2 aliphatic heterocycles. The van der Waals surface area contributed by atoms with Gasteiger partial charge in [-0.3, -0.25) is 4.79 Å². The summed E-state index contributed by atoms with van der Waals surface area (Å²) in [6, 6.07) is 7.80. The van der Waals surface area contributed by atoms with E-state index in [0.717, 1.165) is 30.8 Å². The molecule has 14 heavy (non-hydrogen) atoms. The maximum absolute atomic E-state index is 11.8. The SMILES string of the molecule is O=C1c2ccccc2CN1CC1CO1. The Morgan fingerprint density at radius 2 is 2.21 bits per heavy atom. The molecule has 1 fully saturated rings. The molecule has 3 nitrogen and oxygen atoms in total. The van der Waals surface area contributed by atoms with Gasteiger partial charge in [0, 0.05) is 18.7 Å². The topological polar surface area (TPSA) is 32.8 Å². The largest absolute Gasteiger partial charge is 0.371 e. The van der Waals surface area contributed by atoms with Gasteiger partial charge in [0.15, 0.2) is 0 Å². The van der Waals surface area contributed by atoms with Crippen LogP contribution in [0.15, 0.2) is 24.3 Å². The van der Waals surface area contributed by atoms with Crippen LogP contribution in [0, 0.1) is 0 Å². The molecule has 1 unspecified atom stereocenters. The predicted molar refractivity (Wildman–Crippen MR) is 50.9 cm³/mol. The van der Waals surface area contributed by atoms with Crippen molar-refractivity contribution in [1.82, 2.24) is 4.90 Å². The van der Waals surface area contributed by atoms with E-state index in [4.69, 9.17) is 4.74 Å². The highest BCUT2D eigenvalue weighted by atomic mass is 16.6. The van der Waals surface area contributed by atoms with Crippen LogP contribution in [0.3, 0.4) is 0 Å². The Balaban J connectivity index is 1.85. The molecule has 0 saturated carbocycles. The summed E-state index contributed by atoms with van der Waals surface area (Å²) in [4.78, 5) is 13.7. The van der Waals surface area contributed by atoms with E-state index in [1.165, 1.54) is 0 Å². The Kier molecular flexibility index (Phi) is 1.61. The highest BCUT2D eigenvalue weighted by Crippen LogP contribution is 2.24. The van der Waals surface area contributed by atoms with Gasteiger partial charge in [-0.25, -0.2) is 0 Å². The van der Waals surface area contributed by atoms with Crippen LogP contribution in [0.5, 0.6) is 0 Å². The molecule has 0 bridgehead atoms. The molecule has 1 amide bonds. The molecular weight excluding hydrogens is 178 g/mol. The summed E-state index contributed by atoms with van der Waals surface area (Å²) in [5, 5.41) is 0. The summed E-state index contributed by atoms with van der Waals surface area (Å²) in [6.45, 7) is 2.29. The first-order chi connectivity index (χ1) is 6.84. The lowest BCUT2D eigenvalue weighted by atomic mass is 10.1. The van der Waals surface area contributed by atoms with Gasteiger partial charge >= 0.3 is 0 Å². The highest BCUT2D eigenvalue weighted by molar-refractivity contribution is 5.98. The van der Waals surface area contributed by atoms with Crippen molar-refractivity contribution in [1.29, 1.82) is 0 Å². The van der Waals surface area contributed by atoms with Crippen molar-refractivity contribution in [2.45, 2.75) is 12.6 Å². The van der Waals surface area contributed by atoms with Gasteiger partial charge in [0.25, 0.3) is 5.91 Å². The van der Waals surface area contributed by atoms with Gasteiger partial charge in [-0.2, -0.15) is 0 Å². The molecule has 1 saturated heterocycles. The third-order valence-electron chi connectivity index (χ3n) is 2.72. The summed E-state index contributed by atoms with van der Waals surface area (Å²) >= 11 is 0. The average molecular weight is 189 g/mol. The predicted octanol–water partition coefficient (Wildman–Crippen LogP) is 1.04. The van der Waals surface area contributed by atoms with Crippen LogP contribution < -0.4 is 0 Å². The number of ether oxygens (including phenoxy) is 1. The second-order valence-electron chi connectivity index (χ2n) is 3.80. The lowest BCUT2D eigenvalue weighted by molar-refractivity contribution is 0.0766. The van der Waals surface area contributed by atoms with Crippen LogP contribution in [0.25, 0.3) is 0 Å². The molecule has 0 N–H and O–H groups in total. The number of rotatable bonds is 2. The zero-order valence-corrected chi connectivity index (χ0v) is 7.77. The van der Waals surface area contributed by atoms with Crippen LogP contribution in [0.4, 0.5) is 0 Å². The molecule has 1 atom stereocenters. The first-order valence-electron chi connectivity index (χ1n) is 4.83. The van der Waals surface area contributed by atoms with Gasteiger partial charge < -0.3 is 9.64 Å². The van der Waals surface area contributed by atoms with Crippen molar-refractivity contribution in [3.05, 3.63) is 35.4 Å². The Morgan fingerprint density at radius 3 is 2.93 bits per heavy atom. The van der Waals surface area contributed by atoms with Gasteiger partial charge in [0.05, 0.1) is 12.7 Å². The number of epoxide rings is 1. The maximum atomic E-state index is 11.8. The molecule has 2 aliphatic rings. The minimum Gasteiger partial charge on any atom is -0.371 e. The molecule has 3 rings (SSSR count). The summed E-state index contributed by atoms with van der Waals surface area (Å²) in [5.41, 5.74) is 1.99. The minimum absolute atomic E-state index is 0.149. The summed E-state index contributed by atoms with van der Waals surface area (Å²) in [7, 11) is 0. The van der Waals surface area contributed by atoms with E-state index in [-0.39, 0.29) is 12.0 Å². The number of nitrogens with zero attached hydrogens (tertiary/aromatic N) is 1. The number of hydrogen-bond donors (Lipinski definition) is 0. The van der Waals surface area contributed by atoms with Crippen molar-refractivity contribution >= 4 is 5.91 Å². The zero-order valence-electron chi connectivity index (χ0n) is 7.77. The average Bonchev–Trinajstić information content (AvgIpc) is 2.95. The molecule has 0 radical (unpaired) electrons. The maximum Gasteiger partial charge on any atom is 0.254 e. The third kappa shape index (κ3) is 1.21. The summed E-state index contributed by atoms with van der Waals surface area (Å²) in [5.74, 6) is 0.149. The van der Waals surface area contributed by atoms with Crippen LogP contribution in [0.2, 0.25) is 0 Å². The zero-order chi connectivity index (χ0) is 9.54. The molecule has 1 aromatic carbocycles. The van der Waals surface area contributed by atoms with Crippen molar-refractivity contribution in [3.63, 3.8) is 0 Å². The molecule has 3 heteroatoms. The fraction of sp³-hybridized carbons (Fsp3) is 0.364. The second-order valence-corrected chi connectivity index (χ2v) is 3.80. The summed E-state index contributed by atoms with van der Waals surface area (Å²) < 4.78 is 5.12. The fourth-order valence-corrected chi connectivity index (χ4v) is 1.88. The first kappa shape index (κ1) is 8.00. The number of benzene rings is 1. The van der Waals surface area contributed by atoms with Gasteiger partial charge in [0.1, 0.15) is 0 Å². The van der Waals surface area contributed by atoms with Crippen LogP contribution in [-0.4, -0.2) is 30.1 Å². The van der Waals surface area contributed by atoms with E-state index in [1.54, 1.807) is 0 Å². The fourth-order valence-electron chi connectivity index (χ4n) is 1.88. The van der Waals surface area contributed by atoms with Crippen LogP contribution >= 0.6 is 0 Å². The molecule has 0 spiro atoms. The molecule has 72 valence electrons. The van der Waals surface area contributed by atoms with Crippen molar-refractivity contribution in [3.8, 4) is 0 Å². The molecule has 2 heterocycles. The van der Waals surface area contributed by atoms with E-state index in [0.29, 0.717) is 0 Å². The van der Waals surface area contributed by atoms with Gasteiger partial charge in [-0.15, -0.1) is 0 Å². The highest BCUT2D eigenvalue weighted by Gasteiger charge is 2.32. The van der Waals surface area contributed by atoms with Gasteiger partial charge in [-0.05, 0) is 11.6 Å². The second kappa shape index (κ2) is 2.82. The van der Waals surface area contributed by atoms with Crippen molar-refractivity contribution < 1.29 is 9.53 Å². The van der Waals surface area contributed by atoms with E-state index >= 15 is 0 Å². The van der Waals surface area contributed by atoms with Crippen LogP contribution in [0.1, 0.15) is 15.9 Å². The van der Waals surface area contributed by atoms with E-state index in [2.05, 4.69) is 0 Å². The normalized spacial score (nSPS) is 23.9. The number of hydrogen-bond acceptors (Lipinski definition) is 2. The Morgan fingerprint density at radius 1 is 1.43 bits per heavy atom. The monoisotopic (exact) mass is 189 g/mol. The number of carbonyl (C=O) groups excluding carboxylic acids is 1. The van der Waals surface area contributed by atoms with Crippen molar-refractivity contribution in [2.24, 2.45) is 0 Å². The molecular formula is C11H11NO2.